The van der Waals surface area contributed by atoms with Gasteiger partial charge in [0.15, 0.2) is 0 Å². The Morgan fingerprint density at radius 3 is 2.58 bits per heavy atom. The van der Waals surface area contributed by atoms with Crippen molar-refractivity contribution >= 4 is 5.91 Å². The van der Waals surface area contributed by atoms with Gasteiger partial charge in [0.25, 0.3) is 5.91 Å². The molecule has 1 aliphatic heterocycles. The summed E-state index contributed by atoms with van der Waals surface area (Å²) in [6.45, 7) is 7.11. The zero-order chi connectivity index (χ0) is 23.2. The molecule has 1 aliphatic rings. The highest BCUT2D eigenvalue weighted by Crippen LogP contribution is 2.31. The summed E-state index contributed by atoms with van der Waals surface area (Å²) < 4.78 is 5.48. The molecule has 6 heteroatoms. The van der Waals surface area contributed by atoms with Gasteiger partial charge in [0.05, 0.1) is 18.8 Å². The first-order valence-corrected chi connectivity index (χ1v) is 11.5. The summed E-state index contributed by atoms with van der Waals surface area (Å²) >= 11 is 0. The highest BCUT2D eigenvalue weighted by molar-refractivity contribution is 5.92. The van der Waals surface area contributed by atoms with E-state index >= 15 is 0 Å². The SMILES string of the molecule is COc1ccc(CN2CCC[C@H]([C@H](NC(=O)c3ccccn3)c3ccccn3)C2)c(C)c1C. The molecule has 33 heavy (non-hydrogen) atoms. The molecule has 6 nitrogen and oxygen atoms in total. The molecular formula is C27H32N4O2. The average molecular weight is 445 g/mol. The number of hydrogen-bond acceptors (Lipinski definition) is 5. The van der Waals surface area contributed by atoms with Gasteiger partial charge in [-0.05, 0) is 86.2 Å². The summed E-state index contributed by atoms with van der Waals surface area (Å²) in [6, 6.07) is 15.3. The number of carbonyl (C=O) groups excluding carboxylic acids is 1. The summed E-state index contributed by atoms with van der Waals surface area (Å²) in [7, 11) is 1.72. The van der Waals surface area contributed by atoms with Gasteiger partial charge < -0.3 is 10.1 Å². The molecular weight excluding hydrogens is 412 g/mol. The lowest BCUT2D eigenvalue weighted by Gasteiger charge is -2.37. The Hall–Kier alpha value is -3.25. The topological polar surface area (TPSA) is 67.3 Å². The Morgan fingerprint density at radius 1 is 1.09 bits per heavy atom. The van der Waals surface area contributed by atoms with Crippen LogP contribution in [0.1, 0.15) is 51.8 Å². The number of aromatic nitrogens is 2. The zero-order valence-corrected chi connectivity index (χ0v) is 19.6. The lowest BCUT2D eigenvalue weighted by atomic mass is 9.87. The minimum atomic E-state index is -0.165. The van der Waals surface area contributed by atoms with Crippen molar-refractivity contribution in [3.63, 3.8) is 0 Å². The lowest BCUT2D eigenvalue weighted by Crippen LogP contribution is -2.43. The predicted molar refractivity (Wildman–Crippen MR) is 129 cm³/mol. The number of methoxy groups -OCH3 is 1. The van der Waals surface area contributed by atoms with Crippen molar-refractivity contribution in [2.75, 3.05) is 20.2 Å². The van der Waals surface area contributed by atoms with Crippen molar-refractivity contribution in [3.8, 4) is 5.75 Å². The third kappa shape index (κ3) is 5.40. The van der Waals surface area contributed by atoms with E-state index in [1.807, 2.05) is 30.3 Å². The van der Waals surface area contributed by atoms with E-state index in [1.54, 1.807) is 25.6 Å². The molecule has 172 valence electrons. The average Bonchev–Trinajstić information content (AvgIpc) is 2.86. The smallest absolute Gasteiger partial charge is 0.270 e. The molecule has 0 radical (unpaired) electrons. The van der Waals surface area contributed by atoms with Crippen LogP contribution in [0.15, 0.2) is 60.9 Å². The number of pyridine rings is 2. The first kappa shape index (κ1) is 22.9. The van der Waals surface area contributed by atoms with Gasteiger partial charge in [-0.25, -0.2) is 0 Å². The molecule has 3 aromatic rings. The van der Waals surface area contributed by atoms with Crippen LogP contribution in [0.2, 0.25) is 0 Å². The third-order valence-corrected chi connectivity index (χ3v) is 6.67. The Morgan fingerprint density at radius 2 is 1.88 bits per heavy atom. The maximum absolute atomic E-state index is 13.0. The molecule has 4 rings (SSSR count). The van der Waals surface area contributed by atoms with E-state index in [2.05, 4.69) is 46.2 Å². The summed E-state index contributed by atoms with van der Waals surface area (Å²) in [5.74, 6) is 1.03. The molecule has 1 aromatic carbocycles. The number of hydrogen-bond donors (Lipinski definition) is 1. The van der Waals surface area contributed by atoms with Crippen LogP contribution < -0.4 is 10.1 Å². The van der Waals surface area contributed by atoms with Crippen LogP contribution in [0.25, 0.3) is 0 Å². The number of nitrogens with one attached hydrogen (secondary N) is 1. The minimum Gasteiger partial charge on any atom is -0.496 e. The second-order valence-electron chi connectivity index (χ2n) is 8.74. The first-order valence-electron chi connectivity index (χ1n) is 11.5. The largest absolute Gasteiger partial charge is 0.496 e. The first-order chi connectivity index (χ1) is 16.1. The predicted octanol–water partition coefficient (Wildman–Crippen LogP) is 4.49. The van der Waals surface area contributed by atoms with Crippen LogP contribution in [0, 0.1) is 19.8 Å². The summed E-state index contributed by atoms with van der Waals surface area (Å²) in [5, 5.41) is 3.23. The van der Waals surface area contributed by atoms with Gasteiger partial charge in [-0.3, -0.25) is 19.7 Å². The van der Waals surface area contributed by atoms with Gasteiger partial charge in [-0.15, -0.1) is 0 Å². The maximum Gasteiger partial charge on any atom is 0.270 e. The normalized spacial score (nSPS) is 17.4. The number of rotatable bonds is 7. The fourth-order valence-electron chi connectivity index (χ4n) is 4.70. The minimum absolute atomic E-state index is 0.162. The standard InChI is InChI=1S/C27H32N4O2/c1-19-20(2)25(33-3)13-12-21(19)17-31-16-8-9-22(18-31)26(23-10-4-6-14-28-23)30-27(32)24-11-5-7-15-29-24/h4-7,10-15,22,26H,8-9,16-18H2,1-3H3,(H,30,32)/t22-,26-/m0/s1. The molecule has 0 spiro atoms. The van der Waals surface area contributed by atoms with Crippen LogP contribution in [-0.4, -0.2) is 41.0 Å². The molecule has 2 atom stereocenters. The van der Waals surface area contributed by atoms with Crippen molar-refractivity contribution in [2.24, 2.45) is 5.92 Å². The number of benzene rings is 1. The number of amides is 1. The highest BCUT2D eigenvalue weighted by Gasteiger charge is 2.31. The third-order valence-electron chi connectivity index (χ3n) is 6.67. The van der Waals surface area contributed by atoms with Crippen molar-refractivity contribution < 1.29 is 9.53 Å². The van der Waals surface area contributed by atoms with Gasteiger partial charge in [-0.1, -0.05) is 18.2 Å². The molecule has 0 bridgehead atoms. The molecule has 1 N–H and O–H groups in total. The second kappa shape index (κ2) is 10.6. The van der Waals surface area contributed by atoms with Crippen molar-refractivity contribution in [1.82, 2.24) is 20.2 Å². The molecule has 0 saturated carbocycles. The van der Waals surface area contributed by atoms with E-state index in [-0.39, 0.29) is 17.9 Å². The summed E-state index contributed by atoms with van der Waals surface area (Å²) in [6.07, 6.45) is 5.56. The van der Waals surface area contributed by atoms with Gasteiger partial charge in [0.1, 0.15) is 11.4 Å². The number of piperidine rings is 1. The van der Waals surface area contributed by atoms with Gasteiger partial charge >= 0.3 is 0 Å². The van der Waals surface area contributed by atoms with Crippen LogP contribution in [0.5, 0.6) is 5.75 Å². The molecule has 1 amide bonds. The van der Waals surface area contributed by atoms with Crippen LogP contribution in [-0.2, 0) is 6.54 Å². The Kier molecular flexibility index (Phi) is 7.35. The van der Waals surface area contributed by atoms with E-state index in [0.717, 1.165) is 43.9 Å². The van der Waals surface area contributed by atoms with E-state index in [1.165, 1.54) is 16.7 Å². The lowest BCUT2D eigenvalue weighted by molar-refractivity contribution is 0.0870. The number of nitrogens with zero attached hydrogens (tertiary/aromatic N) is 3. The molecule has 3 heterocycles. The van der Waals surface area contributed by atoms with Gasteiger partial charge in [-0.2, -0.15) is 0 Å². The molecule has 0 unspecified atom stereocenters. The summed E-state index contributed by atoms with van der Waals surface area (Å²) in [4.78, 5) is 24.3. The maximum atomic E-state index is 13.0. The van der Waals surface area contributed by atoms with Crippen molar-refractivity contribution in [3.05, 3.63) is 89.0 Å². The Balaban J connectivity index is 1.53. The number of carbonyl (C=O) groups is 1. The van der Waals surface area contributed by atoms with E-state index in [4.69, 9.17) is 4.74 Å². The van der Waals surface area contributed by atoms with E-state index in [9.17, 15) is 4.79 Å². The quantitative estimate of drug-likeness (QED) is 0.582. The highest BCUT2D eigenvalue weighted by atomic mass is 16.5. The number of ether oxygens (including phenoxy) is 1. The Labute approximate surface area is 196 Å². The van der Waals surface area contributed by atoms with Crippen LogP contribution in [0.4, 0.5) is 0 Å². The zero-order valence-electron chi connectivity index (χ0n) is 19.6. The number of likely N-dealkylation sites (tertiary alicyclic amines) is 1. The van der Waals surface area contributed by atoms with E-state index in [0.29, 0.717) is 5.69 Å². The Bertz CT molecular complexity index is 1070. The molecule has 1 saturated heterocycles. The van der Waals surface area contributed by atoms with Gasteiger partial charge in [0.2, 0.25) is 0 Å². The fourth-order valence-corrected chi connectivity index (χ4v) is 4.70. The molecule has 0 aliphatic carbocycles. The molecule has 1 fully saturated rings. The monoisotopic (exact) mass is 444 g/mol. The van der Waals surface area contributed by atoms with Crippen LogP contribution in [0.3, 0.4) is 0 Å². The van der Waals surface area contributed by atoms with E-state index < -0.39 is 0 Å². The summed E-state index contributed by atoms with van der Waals surface area (Å²) in [5.41, 5.74) is 5.11. The fraction of sp³-hybridized carbons (Fsp3) is 0.370. The van der Waals surface area contributed by atoms with Crippen molar-refractivity contribution in [2.45, 2.75) is 39.3 Å². The van der Waals surface area contributed by atoms with Crippen molar-refractivity contribution in [1.29, 1.82) is 0 Å². The molecule has 2 aromatic heterocycles. The van der Waals surface area contributed by atoms with Gasteiger partial charge in [0, 0.05) is 25.5 Å². The van der Waals surface area contributed by atoms with Crippen LogP contribution >= 0.6 is 0 Å². The second-order valence-corrected chi connectivity index (χ2v) is 8.74.